The van der Waals surface area contributed by atoms with Gasteiger partial charge in [-0.25, -0.2) is 4.79 Å². The van der Waals surface area contributed by atoms with Crippen molar-refractivity contribution < 1.29 is 18.8 Å². The van der Waals surface area contributed by atoms with E-state index in [1.807, 2.05) is 31.2 Å². The van der Waals surface area contributed by atoms with Gasteiger partial charge in [0.15, 0.2) is 0 Å². The Morgan fingerprint density at radius 2 is 2.11 bits per heavy atom. The highest BCUT2D eigenvalue weighted by Gasteiger charge is 2.31. The molecule has 8 nitrogen and oxygen atoms in total. The van der Waals surface area contributed by atoms with Crippen molar-refractivity contribution in [3.8, 4) is 11.4 Å². The van der Waals surface area contributed by atoms with E-state index in [9.17, 15) is 9.59 Å². The zero-order valence-corrected chi connectivity index (χ0v) is 21.7. The maximum absolute atomic E-state index is 13.3. The number of hydrogen-bond donors (Lipinski definition) is 1. The average Bonchev–Trinajstić information content (AvgIpc) is 3.48. The Hall–Kier alpha value is -3.04. The van der Waals surface area contributed by atoms with Gasteiger partial charge in [-0.3, -0.25) is 9.69 Å². The molecule has 9 heteroatoms. The number of nitrogens with zero attached hydrogens (tertiary/aromatic N) is 3. The van der Waals surface area contributed by atoms with Crippen molar-refractivity contribution in [2.45, 2.75) is 58.9 Å². The maximum Gasteiger partial charge on any atom is 0.341 e. The molecule has 1 aliphatic carbocycles. The molecule has 36 heavy (non-hydrogen) atoms. The molecular formula is C27H32N4O4S. The molecule has 1 fully saturated rings. The Labute approximate surface area is 215 Å². The Bertz CT molecular complexity index is 1250. The van der Waals surface area contributed by atoms with E-state index in [4.69, 9.17) is 9.26 Å². The Balaban J connectivity index is 1.25. The second-order valence-corrected chi connectivity index (χ2v) is 10.7. The molecule has 1 unspecified atom stereocenters. The number of esters is 1. The molecule has 5 rings (SSSR count). The number of ether oxygens (including phenoxy) is 1. The Kier molecular flexibility index (Phi) is 7.48. The van der Waals surface area contributed by atoms with Gasteiger partial charge >= 0.3 is 5.97 Å². The van der Waals surface area contributed by atoms with Crippen LogP contribution in [0, 0.1) is 12.8 Å². The van der Waals surface area contributed by atoms with Gasteiger partial charge in [0.25, 0.3) is 0 Å². The Morgan fingerprint density at radius 3 is 2.94 bits per heavy atom. The number of hydrogen-bond acceptors (Lipinski definition) is 8. The molecule has 1 amide bonds. The van der Waals surface area contributed by atoms with Crippen molar-refractivity contribution in [3.05, 3.63) is 51.7 Å². The van der Waals surface area contributed by atoms with Crippen LogP contribution in [0.5, 0.6) is 0 Å². The zero-order valence-electron chi connectivity index (χ0n) is 20.8. The number of benzene rings is 1. The SMILES string of the molecule is CCOC(=O)c1c(NC(=O)C2CCCN(Cc3nc(-c4cccc(C)c4)no3)C2)sc2c1CCCC2. The lowest BCUT2D eigenvalue weighted by molar-refractivity contribution is -0.121. The predicted molar refractivity (Wildman–Crippen MR) is 138 cm³/mol. The van der Waals surface area contributed by atoms with E-state index in [0.717, 1.165) is 61.8 Å². The third-order valence-corrected chi connectivity index (χ3v) is 8.07. The van der Waals surface area contributed by atoms with Crippen molar-refractivity contribution in [2.24, 2.45) is 5.92 Å². The van der Waals surface area contributed by atoms with Gasteiger partial charge in [0.05, 0.1) is 24.6 Å². The number of nitrogens with one attached hydrogen (secondary N) is 1. The number of carbonyl (C=O) groups is 2. The third-order valence-electron chi connectivity index (χ3n) is 6.87. The quantitative estimate of drug-likeness (QED) is 0.448. The number of carbonyl (C=O) groups excluding carboxylic acids is 2. The van der Waals surface area contributed by atoms with Gasteiger partial charge in [-0.2, -0.15) is 4.98 Å². The lowest BCUT2D eigenvalue weighted by Crippen LogP contribution is -2.40. The van der Waals surface area contributed by atoms with Crippen LogP contribution < -0.4 is 5.32 Å². The number of likely N-dealkylation sites (tertiary alicyclic amines) is 1. The fourth-order valence-electron chi connectivity index (χ4n) is 5.11. The summed E-state index contributed by atoms with van der Waals surface area (Å²) in [5.41, 5.74) is 3.69. The highest BCUT2D eigenvalue weighted by molar-refractivity contribution is 7.17. The van der Waals surface area contributed by atoms with Gasteiger partial charge in [-0.1, -0.05) is 28.9 Å². The highest BCUT2D eigenvalue weighted by atomic mass is 32.1. The summed E-state index contributed by atoms with van der Waals surface area (Å²) in [6, 6.07) is 8.01. The lowest BCUT2D eigenvalue weighted by Gasteiger charge is -2.30. The summed E-state index contributed by atoms with van der Waals surface area (Å²) in [4.78, 5) is 34.0. The van der Waals surface area contributed by atoms with Crippen LogP contribution >= 0.6 is 11.3 Å². The van der Waals surface area contributed by atoms with Gasteiger partial charge in [0, 0.05) is 17.0 Å². The third kappa shape index (κ3) is 5.37. The van der Waals surface area contributed by atoms with Crippen LogP contribution in [0.3, 0.4) is 0 Å². The smallest absolute Gasteiger partial charge is 0.341 e. The fraction of sp³-hybridized carbons (Fsp3) is 0.481. The number of piperidine rings is 1. The van der Waals surface area contributed by atoms with Gasteiger partial charge in [0.2, 0.25) is 17.6 Å². The van der Waals surface area contributed by atoms with Gasteiger partial charge in [0.1, 0.15) is 5.00 Å². The van der Waals surface area contributed by atoms with Crippen molar-refractivity contribution in [3.63, 3.8) is 0 Å². The minimum Gasteiger partial charge on any atom is -0.462 e. The standard InChI is InChI=1S/C27H32N4O4S/c1-3-34-27(33)23-20-11-4-5-12-21(20)36-26(23)29-25(32)19-10-7-13-31(15-19)16-22-28-24(30-35-22)18-9-6-8-17(2)14-18/h6,8-9,14,19H,3-5,7,10-13,15-16H2,1-2H3,(H,29,32). The topological polar surface area (TPSA) is 97.6 Å². The molecule has 1 atom stereocenters. The number of aromatic nitrogens is 2. The normalized spacial score (nSPS) is 18.0. The van der Waals surface area contributed by atoms with Gasteiger partial charge in [-0.05, 0) is 70.5 Å². The monoisotopic (exact) mass is 508 g/mol. The molecule has 3 heterocycles. The van der Waals surface area contributed by atoms with Crippen LogP contribution in [0.2, 0.25) is 0 Å². The van der Waals surface area contributed by atoms with Crippen LogP contribution in [0.15, 0.2) is 28.8 Å². The van der Waals surface area contributed by atoms with E-state index in [-0.39, 0.29) is 17.8 Å². The summed E-state index contributed by atoms with van der Waals surface area (Å²) in [5.74, 6) is 0.566. The summed E-state index contributed by atoms with van der Waals surface area (Å²) in [5, 5.41) is 7.88. The summed E-state index contributed by atoms with van der Waals surface area (Å²) in [7, 11) is 0. The van der Waals surface area contributed by atoms with Crippen molar-refractivity contribution in [1.29, 1.82) is 0 Å². The van der Waals surface area contributed by atoms with Crippen LogP contribution in [-0.4, -0.2) is 46.6 Å². The summed E-state index contributed by atoms with van der Waals surface area (Å²) in [6.45, 7) is 6.13. The number of aryl methyl sites for hydroxylation is 2. The molecule has 190 valence electrons. The molecular weight excluding hydrogens is 476 g/mol. The van der Waals surface area contributed by atoms with E-state index in [1.54, 1.807) is 6.92 Å². The van der Waals surface area contributed by atoms with E-state index in [1.165, 1.54) is 16.2 Å². The second-order valence-electron chi connectivity index (χ2n) is 9.58. The van der Waals surface area contributed by atoms with Crippen molar-refractivity contribution in [2.75, 3.05) is 25.0 Å². The number of amides is 1. The van der Waals surface area contributed by atoms with E-state index >= 15 is 0 Å². The van der Waals surface area contributed by atoms with Crippen LogP contribution in [0.4, 0.5) is 5.00 Å². The molecule has 1 aliphatic heterocycles. The predicted octanol–water partition coefficient (Wildman–Crippen LogP) is 5.01. The number of thiophene rings is 1. The molecule has 1 aromatic carbocycles. The van der Waals surface area contributed by atoms with Gasteiger partial charge in [-0.15, -0.1) is 11.3 Å². The maximum atomic E-state index is 13.3. The first-order valence-electron chi connectivity index (χ1n) is 12.8. The lowest BCUT2D eigenvalue weighted by atomic mass is 9.95. The summed E-state index contributed by atoms with van der Waals surface area (Å²) >= 11 is 1.53. The molecule has 2 aliphatic rings. The first-order chi connectivity index (χ1) is 17.5. The molecule has 1 N–H and O–H groups in total. The Morgan fingerprint density at radius 1 is 1.25 bits per heavy atom. The van der Waals surface area contributed by atoms with Crippen LogP contribution in [0.1, 0.15) is 64.9 Å². The average molecular weight is 509 g/mol. The molecule has 0 spiro atoms. The molecule has 2 aromatic heterocycles. The van der Waals surface area contributed by atoms with Crippen LogP contribution in [0.25, 0.3) is 11.4 Å². The van der Waals surface area contributed by atoms with Crippen LogP contribution in [-0.2, 0) is 28.9 Å². The molecule has 3 aromatic rings. The number of fused-ring (bicyclic) bond motifs is 1. The fourth-order valence-corrected chi connectivity index (χ4v) is 6.39. The summed E-state index contributed by atoms with van der Waals surface area (Å²) in [6.07, 6.45) is 5.70. The number of anilines is 1. The van der Waals surface area contributed by atoms with Crippen molar-refractivity contribution >= 4 is 28.2 Å². The van der Waals surface area contributed by atoms with Crippen molar-refractivity contribution in [1.82, 2.24) is 15.0 Å². The molecule has 0 radical (unpaired) electrons. The number of rotatable bonds is 7. The van der Waals surface area contributed by atoms with E-state index < -0.39 is 0 Å². The minimum atomic E-state index is -0.335. The van der Waals surface area contributed by atoms with E-state index in [2.05, 4.69) is 20.4 Å². The van der Waals surface area contributed by atoms with Gasteiger partial charge < -0.3 is 14.6 Å². The first kappa shape index (κ1) is 24.6. The molecule has 0 saturated carbocycles. The zero-order chi connectivity index (χ0) is 25.1. The highest BCUT2D eigenvalue weighted by Crippen LogP contribution is 2.39. The first-order valence-corrected chi connectivity index (χ1v) is 13.6. The second kappa shape index (κ2) is 10.9. The molecule has 1 saturated heterocycles. The minimum absolute atomic E-state index is 0.0465. The van der Waals surface area contributed by atoms with E-state index in [0.29, 0.717) is 42.0 Å². The largest absolute Gasteiger partial charge is 0.462 e. The molecule has 0 bridgehead atoms. The summed E-state index contributed by atoms with van der Waals surface area (Å²) < 4.78 is 10.8.